The van der Waals surface area contributed by atoms with E-state index < -0.39 is 0 Å². The van der Waals surface area contributed by atoms with E-state index >= 15 is 0 Å². The van der Waals surface area contributed by atoms with Crippen LogP contribution in [0.25, 0.3) is 5.57 Å². The molecule has 2 aliphatic rings. The normalized spacial score (nSPS) is 17.2. The standard InChI is InChI=1S/C15H14.W/c1-11-6-8-13-10-12-4-2-3-5-14(12)15(13)9-7-11;/h2-6,8-9H,7,10H2,1H3;. The van der Waals surface area contributed by atoms with Gasteiger partial charge in [0, 0.05) is 21.1 Å². The van der Waals surface area contributed by atoms with Crippen LogP contribution in [0.15, 0.2) is 53.6 Å². The monoisotopic (exact) mass is 378 g/mol. The van der Waals surface area contributed by atoms with Crippen LogP contribution in [0.1, 0.15) is 24.5 Å². The number of hydrogen-bond donors (Lipinski definition) is 0. The van der Waals surface area contributed by atoms with Gasteiger partial charge < -0.3 is 0 Å². The van der Waals surface area contributed by atoms with Gasteiger partial charge in [0.05, 0.1) is 0 Å². The molecule has 1 heteroatoms. The van der Waals surface area contributed by atoms with E-state index in [1.54, 1.807) is 0 Å². The molecule has 0 aliphatic heterocycles. The van der Waals surface area contributed by atoms with E-state index in [1.807, 2.05) is 0 Å². The Morgan fingerprint density at radius 1 is 1.06 bits per heavy atom. The number of fused-ring (bicyclic) bond motifs is 3. The van der Waals surface area contributed by atoms with Gasteiger partial charge in [0.15, 0.2) is 0 Å². The van der Waals surface area contributed by atoms with Crippen molar-refractivity contribution in [1.82, 2.24) is 0 Å². The SMILES string of the molecule is CC1=CC=C2Cc3ccccc3C2=CC1.[W]. The molecule has 0 nitrogen and oxygen atoms in total. The fourth-order valence-electron chi connectivity index (χ4n) is 2.37. The van der Waals surface area contributed by atoms with Crippen molar-refractivity contribution in [3.8, 4) is 0 Å². The van der Waals surface area contributed by atoms with Crippen molar-refractivity contribution in [1.29, 1.82) is 0 Å². The summed E-state index contributed by atoms with van der Waals surface area (Å²) in [7, 11) is 0. The first-order valence-corrected chi connectivity index (χ1v) is 5.50. The summed E-state index contributed by atoms with van der Waals surface area (Å²) in [6, 6.07) is 8.74. The zero-order chi connectivity index (χ0) is 10.3. The summed E-state index contributed by atoms with van der Waals surface area (Å²) in [5.74, 6) is 0. The second-order valence-corrected chi connectivity index (χ2v) is 4.36. The van der Waals surface area contributed by atoms with Crippen molar-refractivity contribution in [2.75, 3.05) is 0 Å². The van der Waals surface area contributed by atoms with E-state index in [9.17, 15) is 0 Å². The third-order valence-electron chi connectivity index (χ3n) is 3.23. The Morgan fingerprint density at radius 3 is 2.75 bits per heavy atom. The minimum atomic E-state index is 0. The van der Waals surface area contributed by atoms with Gasteiger partial charge in [-0.05, 0) is 42.0 Å². The first-order valence-electron chi connectivity index (χ1n) is 5.50. The summed E-state index contributed by atoms with van der Waals surface area (Å²) < 4.78 is 0. The molecule has 0 bridgehead atoms. The van der Waals surface area contributed by atoms with E-state index in [-0.39, 0.29) is 21.1 Å². The molecule has 0 heterocycles. The van der Waals surface area contributed by atoms with Crippen molar-refractivity contribution in [2.24, 2.45) is 0 Å². The fourth-order valence-corrected chi connectivity index (χ4v) is 2.37. The number of benzene rings is 1. The Kier molecular flexibility index (Phi) is 3.30. The molecule has 2 aliphatic carbocycles. The van der Waals surface area contributed by atoms with Crippen LogP contribution in [0.4, 0.5) is 0 Å². The summed E-state index contributed by atoms with van der Waals surface area (Å²) in [5, 5.41) is 0. The second kappa shape index (κ2) is 4.55. The predicted molar refractivity (Wildman–Crippen MR) is 64.6 cm³/mol. The minimum Gasteiger partial charge on any atom is -0.0723 e. The zero-order valence-corrected chi connectivity index (χ0v) is 12.3. The van der Waals surface area contributed by atoms with Gasteiger partial charge in [0.25, 0.3) is 0 Å². The summed E-state index contributed by atoms with van der Waals surface area (Å²) in [5.41, 5.74) is 7.29. The Balaban J connectivity index is 0.000000963. The van der Waals surface area contributed by atoms with Gasteiger partial charge >= 0.3 is 0 Å². The van der Waals surface area contributed by atoms with Gasteiger partial charge in [-0.15, -0.1) is 0 Å². The molecular formula is C15H14W. The van der Waals surface area contributed by atoms with Crippen LogP contribution in [0, 0.1) is 0 Å². The van der Waals surface area contributed by atoms with Crippen LogP contribution in [-0.2, 0) is 27.5 Å². The molecule has 1 aromatic rings. The van der Waals surface area contributed by atoms with Gasteiger partial charge in [0.1, 0.15) is 0 Å². The largest absolute Gasteiger partial charge is 0.0723 e. The maximum absolute atomic E-state index is 2.37. The van der Waals surface area contributed by atoms with Crippen molar-refractivity contribution in [3.05, 3.63) is 64.8 Å². The Hall–Kier alpha value is -0.872. The average molecular weight is 378 g/mol. The molecule has 80 valence electrons. The molecule has 0 spiro atoms. The van der Waals surface area contributed by atoms with E-state index in [1.165, 1.54) is 27.8 Å². The maximum Gasteiger partial charge on any atom is 0 e. The summed E-state index contributed by atoms with van der Waals surface area (Å²) in [6.07, 6.45) is 9.10. The van der Waals surface area contributed by atoms with Crippen LogP contribution in [0.5, 0.6) is 0 Å². The van der Waals surface area contributed by atoms with Crippen LogP contribution in [-0.4, -0.2) is 0 Å². The molecule has 0 radical (unpaired) electrons. The number of hydrogen-bond acceptors (Lipinski definition) is 0. The molecule has 0 unspecified atom stereocenters. The van der Waals surface area contributed by atoms with Crippen molar-refractivity contribution in [2.45, 2.75) is 19.8 Å². The average Bonchev–Trinajstić information content (AvgIpc) is 2.51. The first kappa shape index (κ1) is 11.6. The van der Waals surface area contributed by atoms with E-state index in [0.717, 1.165) is 12.8 Å². The molecule has 1 aromatic carbocycles. The van der Waals surface area contributed by atoms with Crippen molar-refractivity contribution < 1.29 is 21.1 Å². The number of rotatable bonds is 0. The summed E-state index contributed by atoms with van der Waals surface area (Å²) in [6.45, 7) is 2.20. The van der Waals surface area contributed by atoms with Gasteiger partial charge in [0.2, 0.25) is 0 Å². The summed E-state index contributed by atoms with van der Waals surface area (Å²) >= 11 is 0. The van der Waals surface area contributed by atoms with Crippen molar-refractivity contribution in [3.63, 3.8) is 0 Å². The quantitative estimate of drug-likeness (QED) is 0.643. The van der Waals surface area contributed by atoms with Gasteiger partial charge in [-0.2, -0.15) is 0 Å². The smallest absolute Gasteiger partial charge is 0 e. The third-order valence-corrected chi connectivity index (χ3v) is 3.23. The summed E-state index contributed by atoms with van der Waals surface area (Å²) in [4.78, 5) is 0. The van der Waals surface area contributed by atoms with Crippen LogP contribution in [0.2, 0.25) is 0 Å². The maximum atomic E-state index is 2.37. The van der Waals surface area contributed by atoms with E-state index in [0.29, 0.717) is 0 Å². The molecule has 0 aromatic heterocycles. The molecule has 3 rings (SSSR count). The zero-order valence-electron chi connectivity index (χ0n) is 9.36. The molecular weight excluding hydrogens is 364 g/mol. The second-order valence-electron chi connectivity index (χ2n) is 4.36. The van der Waals surface area contributed by atoms with Crippen LogP contribution in [0.3, 0.4) is 0 Å². The Labute approximate surface area is 111 Å². The molecule has 16 heavy (non-hydrogen) atoms. The van der Waals surface area contributed by atoms with Crippen molar-refractivity contribution >= 4 is 5.57 Å². The Morgan fingerprint density at radius 2 is 1.88 bits per heavy atom. The van der Waals surface area contributed by atoms with E-state index in [4.69, 9.17) is 0 Å². The molecule has 0 fully saturated rings. The molecule has 0 saturated carbocycles. The first-order chi connectivity index (χ1) is 7.34. The molecule has 0 saturated heterocycles. The fraction of sp³-hybridized carbons (Fsp3) is 0.200. The Bertz CT molecular complexity index is 504. The van der Waals surface area contributed by atoms with Crippen LogP contribution >= 0.6 is 0 Å². The molecule has 0 atom stereocenters. The molecule has 0 amide bonds. The predicted octanol–water partition coefficient (Wildman–Crippen LogP) is 3.90. The molecule has 0 N–H and O–H groups in total. The van der Waals surface area contributed by atoms with Crippen LogP contribution < -0.4 is 0 Å². The minimum absolute atomic E-state index is 0. The van der Waals surface area contributed by atoms with Gasteiger partial charge in [-0.1, -0.05) is 48.1 Å². The number of allylic oxidation sites excluding steroid dienone is 6. The van der Waals surface area contributed by atoms with Gasteiger partial charge in [-0.25, -0.2) is 0 Å². The topological polar surface area (TPSA) is 0 Å². The third kappa shape index (κ3) is 1.87. The van der Waals surface area contributed by atoms with Gasteiger partial charge in [-0.3, -0.25) is 0 Å². The van der Waals surface area contributed by atoms with E-state index in [2.05, 4.69) is 49.4 Å².